The molecule has 1 fully saturated rings. The molecule has 3 heterocycles. The van der Waals surface area contributed by atoms with Crippen molar-refractivity contribution in [2.24, 2.45) is 11.8 Å². The van der Waals surface area contributed by atoms with Crippen LogP contribution in [0.5, 0.6) is 5.75 Å². The minimum Gasteiger partial charge on any atom is -0.497 e. The second kappa shape index (κ2) is 10.8. The molecule has 0 saturated heterocycles. The number of benzene rings is 1. The van der Waals surface area contributed by atoms with E-state index in [1.807, 2.05) is 12.5 Å². The van der Waals surface area contributed by atoms with Crippen molar-refractivity contribution in [3.63, 3.8) is 0 Å². The van der Waals surface area contributed by atoms with Gasteiger partial charge in [0.1, 0.15) is 5.75 Å². The van der Waals surface area contributed by atoms with Crippen LogP contribution >= 0.6 is 0 Å². The number of nitrogens with one attached hydrogen (secondary N) is 1. The monoisotopic (exact) mass is 530 g/mol. The molecule has 3 atom stereocenters. The fourth-order valence-corrected chi connectivity index (χ4v) is 6.50. The lowest BCUT2D eigenvalue weighted by atomic mass is 9.75. The van der Waals surface area contributed by atoms with Crippen LogP contribution in [0.15, 0.2) is 42.9 Å². The standard InChI is InChI=1S/C29H37F3N4O2/c1-3-24-35-25(26-23-15-17-33-27(23)34-18-36(24)26)20-9-7-19(8-10-20)6-4-5-16-28(37,29(30,31)32)21-11-13-22(38-2)14-12-21/h11-15,17-20,24-25,35,37H,3-10,16H2,1-2H3. The van der Waals surface area contributed by atoms with Gasteiger partial charge in [0.15, 0.2) is 11.4 Å². The lowest BCUT2D eigenvalue weighted by Gasteiger charge is -2.33. The maximum Gasteiger partial charge on any atom is 0.421 e. The molecule has 5 rings (SSSR count). The number of methoxy groups -OCH3 is 1. The summed E-state index contributed by atoms with van der Waals surface area (Å²) in [5.74, 6) is 2.28. The number of fused-ring (bicyclic) bond motifs is 3. The van der Waals surface area contributed by atoms with E-state index in [1.54, 1.807) is 0 Å². The Labute approximate surface area is 222 Å². The molecule has 2 N–H and O–H groups in total. The number of aromatic nitrogens is 3. The summed E-state index contributed by atoms with van der Waals surface area (Å²) >= 11 is 0. The average Bonchev–Trinajstić information content (AvgIpc) is 3.55. The number of aliphatic hydroxyl groups is 1. The first-order valence-corrected chi connectivity index (χ1v) is 13.8. The Bertz CT molecular complexity index is 1170. The van der Waals surface area contributed by atoms with Crippen molar-refractivity contribution in [3.8, 4) is 17.1 Å². The molecule has 0 spiro atoms. The summed E-state index contributed by atoms with van der Waals surface area (Å²) in [6.07, 6.45) is 6.09. The van der Waals surface area contributed by atoms with E-state index in [2.05, 4.69) is 32.8 Å². The Hall–Kier alpha value is -2.65. The van der Waals surface area contributed by atoms with Crippen LogP contribution in [-0.2, 0) is 5.60 Å². The third kappa shape index (κ3) is 5.02. The van der Waals surface area contributed by atoms with Gasteiger partial charge in [0.2, 0.25) is 0 Å². The lowest BCUT2D eigenvalue weighted by molar-refractivity contribution is -0.269. The Kier molecular flexibility index (Phi) is 7.69. The topological polar surface area (TPSA) is 72.2 Å². The fourth-order valence-electron chi connectivity index (χ4n) is 6.50. The molecular weight excluding hydrogens is 493 g/mol. The SMILES string of the molecule is CCC1NC(C2CCC(CCCCC(O)(c3ccc(OC)cc3)C(F)(F)F)CC2)c2c3ccnc-3ncn21. The van der Waals surface area contributed by atoms with Crippen LogP contribution in [0, 0.1) is 11.8 Å². The zero-order valence-corrected chi connectivity index (χ0v) is 22.0. The van der Waals surface area contributed by atoms with Gasteiger partial charge >= 0.3 is 6.18 Å². The molecule has 1 aromatic carbocycles. The van der Waals surface area contributed by atoms with Gasteiger partial charge in [0, 0.05) is 17.5 Å². The van der Waals surface area contributed by atoms with Gasteiger partial charge in [0.25, 0.3) is 0 Å². The first-order valence-electron chi connectivity index (χ1n) is 13.8. The lowest BCUT2D eigenvalue weighted by Crippen LogP contribution is -2.42. The number of nitrogens with zero attached hydrogens (tertiary/aromatic N) is 3. The summed E-state index contributed by atoms with van der Waals surface area (Å²) in [6, 6.07) is 7.85. The van der Waals surface area contributed by atoms with Crippen LogP contribution in [0.1, 0.15) is 88.2 Å². The van der Waals surface area contributed by atoms with Crippen LogP contribution < -0.4 is 10.1 Å². The molecule has 38 heavy (non-hydrogen) atoms. The van der Waals surface area contributed by atoms with Crippen LogP contribution in [0.2, 0.25) is 0 Å². The number of unbranched alkanes of at least 4 members (excludes halogenated alkanes) is 1. The molecule has 1 saturated carbocycles. The largest absolute Gasteiger partial charge is 0.497 e. The van der Waals surface area contributed by atoms with Crippen molar-refractivity contribution in [3.05, 3.63) is 54.1 Å². The van der Waals surface area contributed by atoms with Gasteiger partial charge in [0.05, 0.1) is 25.6 Å². The summed E-state index contributed by atoms with van der Waals surface area (Å²) in [4.78, 5) is 8.92. The molecular formula is C29H37F3N4O2. The second-order valence-electron chi connectivity index (χ2n) is 10.9. The summed E-state index contributed by atoms with van der Waals surface area (Å²) in [5, 5.41) is 14.5. The second-order valence-corrected chi connectivity index (χ2v) is 10.9. The van der Waals surface area contributed by atoms with Gasteiger partial charge in [-0.05, 0) is 67.7 Å². The predicted molar refractivity (Wildman–Crippen MR) is 139 cm³/mol. The van der Waals surface area contributed by atoms with E-state index in [0.29, 0.717) is 30.4 Å². The summed E-state index contributed by atoms with van der Waals surface area (Å²) in [6.45, 7) is 2.18. The molecule has 0 radical (unpaired) electrons. The summed E-state index contributed by atoms with van der Waals surface area (Å²) in [7, 11) is 1.46. The molecule has 0 amide bonds. The Balaban J connectivity index is 1.15. The van der Waals surface area contributed by atoms with Gasteiger partial charge in [-0.3, -0.25) is 5.32 Å². The Morgan fingerprint density at radius 2 is 1.79 bits per heavy atom. The highest BCUT2D eigenvalue weighted by Crippen LogP contribution is 2.46. The van der Waals surface area contributed by atoms with Gasteiger partial charge in [-0.1, -0.05) is 44.7 Å². The number of ether oxygens (including phenoxy) is 1. The number of hydrogen-bond acceptors (Lipinski definition) is 5. The first kappa shape index (κ1) is 26.9. The van der Waals surface area contributed by atoms with Crippen molar-refractivity contribution >= 4 is 0 Å². The normalized spacial score (nSPS) is 25.3. The maximum absolute atomic E-state index is 13.9. The summed E-state index contributed by atoms with van der Waals surface area (Å²) < 4.78 is 49.0. The Morgan fingerprint density at radius 3 is 2.45 bits per heavy atom. The highest BCUT2D eigenvalue weighted by molar-refractivity contribution is 5.61. The number of halogens is 3. The van der Waals surface area contributed by atoms with E-state index in [1.165, 1.54) is 37.1 Å². The van der Waals surface area contributed by atoms with Gasteiger partial charge in [-0.15, -0.1) is 0 Å². The van der Waals surface area contributed by atoms with Gasteiger partial charge < -0.3 is 14.4 Å². The minimum absolute atomic E-state index is 0.136. The minimum atomic E-state index is -4.74. The molecule has 1 aromatic rings. The van der Waals surface area contributed by atoms with E-state index in [-0.39, 0.29) is 24.2 Å². The maximum atomic E-state index is 13.9. The van der Waals surface area contributed by atoms with E-state index >= 15 is 0 Å². The molecule has 4 aliphatic rings. The quantitative estimate of drug-likeness (QED) is 0.299. The molecule has 9 heteroatoms. The van der Waals surface area contributed by atoms with E-state index in [4.69, 9.17) is 4.74 Å². The molecule has 206 valence electrons. The van der Waals surface area contributed by atoms with Gasteiger partial charge in [-0.2, -0.15) is 13.2 Å². The van der Waals surface area contributed by atoms with Gasteiger partial charge in [-0.25, -0.2) is 9.97 Å². The third-order valence-electron chi connectivity index (χ3n) is 8.73. The highest BCUT2D eigenvalue weighted by atomic mass is 19.4. The van der Waals surface area contributed by atoms with Crippen LogP contribution in [0.25, 0.3) is 11.4 Å². The highest BCUT2D eigenvalue weighted by Gasteiger charge is 2.54. The van der Waals surface area contributed by atoms with E-state index in [9.17, 15) is 18.3 Å². The number of hydrogen-bond donors (Lipinski definition) is 2. The average molecular weight is 531 g/mol. The smallest absolute Gasteiger partial charge is 0.421 e. The predicted octanol–water partition coefficient (Wildman–Crippen LogP) is 6.76. The molecule has 0 bridgehead atoms. The van der Waals surface area contributed by atoms with Crippen molar-refractivity contribution < 1.29 is 23.0 Å². The van der Waals surface area contributed by atoms with Crippen molar-refractivity contribution in [2.45, 2.75) is 88.7 Å². The Morgan fingerprint density at radius 1 is 1.05 bits per heavy atom. The number of rotatable bonds is 9. The zero-order chi connectivity index (χ0) is 26.9. The van der Waals surface area contributed by atoms with Crippen LogP contribution in [0.3, 0.4) is 0 Å². The molecule has 0 aromatic heterocycles. The van der Waals surface area contributed by atoms with E-state index < -0.39 is 11.8 Å². The molecule has 6 nitrogen and oxygen atoms in total. The molecule has 3 aliphatic heterocycles. The fraction of sp³-hybridized carbons (Fsp3) is 0.586. The zero-order valence-electron chi connectivity index (χ0n) is 22.0. The van der Waals surface area contributed by atoms with Crippen LogP contribution in [0.4, 0.5) is 13.2 Å². The van der Waals surface area contributed by atoms with E-state index in [0.717, 1.165) is 49.9 Å². The van der Waals surface area contributed by atoms with Crippen molar-refractivity contribution in [1.82, 2.24) is 19.9 Å². The first-order chi connectivity index (χ1) is 18.2. The number of alkyl halides is 3. The van der Waals surface area contributed by atoms with Crippen molar-refractivity contribution in [1.29, 1.82) is 0 Å². The summed E-state index contributed by atoms with van der Waals surface area (Å²) in [5.41, 5.74) is -0.574. The molecule has 3 unspecified atom stereocenters. The third-order valence-corrected chi connectivity index (χ3v) is 8.73. The van der Waals surface area contributed by atoms with Crippen LogP contribution in [-0.4, -0.2) is 32.9 Å². The molecule has 1 aliphatic carbocycles. The van der Waals surface area contributed by atoms with Crippen molar-refractivity contribution in [2.75, 3.05) is 7.11 Å².